The summed E-state index contributed by atoms with van der Waals surface area (Å²) in [6, 6.07) is 4.88. The van der Waals surface area contributed by atoms with Gasteiger partial charge in [0.2, 0.25) is 10.0 Å². The Bertz CT molecular complexity index is 512. The molecule has 1 atom stereocenters. The molecule has 18 heavy (non-hydrogen) atoms. The Balaban J connectivity index is 3.13. The molecule has 0 heterocycles. The largest absolute Gasteiger partial charge is 0.399 e. The van der Waals surface area contributed by atoms with Crippen molar-refractivity contribution in [1.29, 1.82) is 0 Å². The molecule has 0 saturated carbocycles. The number of anilines is 1. The van der Waals surface area contributed by atoms with Gasteiger partial charge in [0.05, 0.1) is 4.90 Å². The fourth-order valence-corrected chi connectivity index (χ4v) is 3.55. The lowest BCUT2D eigenvalue weighted by Gasteiger charge is -2.24. The lowest BCUT2D eigenvalue weighted by molar-refractivity contribution is 0.368. The molecule has 102 valence electrons. The van der Waals surface area contributed by atoms with Crippen molar-refractivity contribution >= 4 is 15.7 Å². The van der Waals surface area contributed by atoms with Crippen LogP contribution in [0.4, 0.5) is 5.69 Å². The van der Waals surface area contributed by atoms with Gasteiger partial charge in [-0.05, 0) is 44.0 Å². The summed E-state index contributed by atoms with van der Waals surface area (Å²) in [5, 5.41) is 0. The van der Waals surface area contributed by atoms with Gasteiger partial charge in [-0.2, -0.15) is 4.31 Å². The maximum absolute atomic E-state index is 12.5. The van der Waals surface area contributed by atoms with Crippen LogP contribution in [-0.4, -0.2) is 25.8 Å². The van der Waals surface area contributed by atoms with Gasteiger partial charge in [0.1, 0.15) is 0 Å². The second-order valence-electron chi connectivity index (χ2n) is 4.68. The molecular formula is C13H22N2O2S. The highest BCUT2D eigenvalue weighted by atomic mass is 32.2. The Kier molecular flexibility index (Phi) is 4.76. The van der Waals surface area contributed by atoms with Crippen LogP contribution < -0.4 is 5.73 Å². The van der Waals surface area contributed by atoms with Crippen LogP contribution in [-0.2, 0) is 10.0 Å². The lowest BCUT2D eigenvalue weighted by Crippen LogP contribution is -2.35. The molecule has 0 aromatic heterocycles. The van der Waals surface area contributed by atoms with E-state index in [4.69, 9.17) is 5.73 Å². The number of rotatable bonds is 5. The molecule has 0 aliphatic heterocycles. The molecule has 5 heteroatoms. The summed E-state index contributed by atoms with van der Waals surface area (Å²) >= 11 is 0. The average Bonchev–Trinajstić information content (AvgIpc) is 2.27. The standard InChI is InChI=1S/C13H22N2O2S/c1-5-6-11(3)15(4)18(16,17)13-8-7-12(14)9-10(13)2/h7-9,11H,5-6,14H2,1-4H3. The smallest absolute Gasteiger partial charge is 0.243 e. The van der Waals surface area contributed by atoms with Crippen LogP contribution in [0.5, 0.6) is 0 Å². The van der Waals surface area contributed by atoms with Crippen LogP contribution in [0.25, 0.3) is 0 Å². The van der Waals surface area contributed by atoms with Crippen LogP contribution in [0.1, 0.15) is 32.3 Å². The minimum Gasteiger partial charge on any atom is -0.399 e. The van der Waals surface area contributed by atoms with E-state index in [-0.39, 0.29) is 6.04 Å². The van der Waals surface area contributed by atoms with Crippen molar-refractivity contribution in [1.82, 2.24) is 4.31 Å². The molecule has 0 aliphatic rings. The number of hydrogen-bond donors (Lipinski definition) is 1. The number of nitrogens with zero attached hydrogens (tertiary/aromatic N) is 1. The predicted molar refractivity (Wildman–Crippen MR) is 74.9 cm³/mol. The van der Waals surface area contributed by atoms with Gasteiger partial charge in [-0.25, -0.2) is 8.42 Å². The van der Waals surface area contributed by atoms with E-state index in [0.29, 0.717) is 16.1 Å². The van der Waals surface area contributed by atoms with E-state index in [2.05, 4.69) is 0 Å². The molecule has 0 spiro atoms. The van der Waals surface area contributed by atoms with Crippen molar-refractivity contribution < 1.29 is 8.42 Å². The lowest BCUT2D eigenvalue weighted by atomic mass is 10.2. The summed E-state index contributed by atoms with van der Waals surface area (Å²) in [4.78, 5) is 0.335. The van der Waals surface area contributed by atoms with E-state index in [1.54, 1.807) is 32.2 Å². The van der Waals surface area contributed by atoms with E-state index >= 15 is 0 Å². The third kappa shape index (κ3) is 3.03. The highest BCUT2D eigenvalue weighted by Gasteiger charge is 2.26. The number of nitrogen functional groups attached to an aromatic ring is 1. The number of aryl methyl sites for hydroxylation is 1. The Morgan fingerprint density at radius 3 is 2.50 bits per heavy atom. The first-order chi connectivity index (χ1) is 8.30. The molecule has 1 aromatic carbocycles. The SMILES string of the molecule is CCCC(C)N(C)S(=O)(=O)c1ccc(N)cc1C. The third-order valence-corrected chi connectivity index (χ3v) is 5.32. The third-order valence-electron chi connectivity index (χ3n) is 3.18. The molecule has 2 N–H and O–H groups in total. The first-order valence-electron chi connectivity index (χ1n) is 6.14. The van der Waals surface area contributed by atoms with Crippen molar-refractivity contribution in [3.63, 3.8) is 0 Å². The Morgan fingerprint density at radius 1 is 1.39 bits per heavy atom. The van der Waals surface area contributed by atoms with Gasteiger partial charge < -0.3 is 5.73 Å². The maximum atomic E-state index is 12.5. The summed E-state index contributed by atoms with van der Waals surface area (Å²) in [5.41, 5.74) is 6.91. The van der Waals surface area contributed by atoms with Crippen molar-refractivity contribution in [3.05, 3.63) is 23.8 Å². The molecule has 0 bridgehead atoms. The van der Waals surface area contributed by atoms with E-state index in [1.807, 2.05) is 13.8 Å². The highest BCUT2D eigenvalue weighted by molar-refractivity contribution is 7.89. The normalized spacial score (nSPS) is 13.8. The summed E-state index contributed by atoms with van der Waals surface area (Å²) < 4.78 is 26.4. The quantitative estimate of drug-likeness (QED) is 0.836. The van der Waals surface area contributed by atoms with Crippen molar-refractivity contribution in [2.75, 3.05) is 12.8 Å². The number of hydrogen-bond acceptors (Lipinski definition) is 3. The van der Waals surface area contributed by atoms with Gasteiger partial charge >= 0.3 is 0 Å². The summed E-state index contributed by atoms with van der Waals surface area (Å²) in [5.74, 6) is 0. The van der Waals surface area contributed by atoms with E-state index in [9.17, 15) is 8.42 Å². The highest BCUT2D eigenvalue weighted by Crippen LogP contribution is 2.23. The van der Waals surface area contributed by atoms with Gasteiger partial charge in [-0.15, -0.1) is 0 Å². The van der Waals surface area contributed by atoms with Gasteiger partial charge in [0.25, 0.3) is 0 Å². The van der Waals surface area contributed by atoms with E-state index < -0.39 is 10.0 Å². The molecule has 0 radical (unpaired) electrons. The Morgan fingerprint density at radius 2 is 2.00 bits per heavy atom. The van der Waals surface area contributed by atoms with Gasteiger partial charge in [-0.1, -0.05) is 13.3 Å². The first kappa shape index (κ1) is 15.0. The zero-order valence-corrected chi connectivity index (χ0v) is 12.3. The van der Waals surface area contributed by atoms with Crippen molar-refractivity contribution in [2.45, 2.75) is 44.6 Å². The molecule has 1 rings (SSSR count). The number of benzene rings is 1. The monoisotopic (exact) mass is 270 g/mol. The van der Waals surface area contributed by atoms with Crippen molar-refractivity contribution in [2.24, 2.45) is 0 Å². The number of sulfonamides is 1. The topological polar surface area (TPSA) is 63.4 Å². The van der Waals surface area contributed by atoms with Crippen LogP contribution in [0, 0.1) is 6.92 Å². The molecule has 0 saturated heterocycles. The second kappa shape index (κ2) is 5.71. The van der Waals surface area contributed by atoms with Crippen LogP contribution >= 0.6 is 0 Å². The zero-order valence-electron chi connectivity index (χ0n) is 11.5. The van der Waals surface area contributed by atoms with Crippen LogP contribution in [0.3, 0.4) is 0 Å². The van der Waals surface area contributed by atoms with E-state index in [1.165, 1.54) is 4.31 Å². The fraction of sp³-hybridized carbons (Fsp3) is 0.538. The molecule has 0 aliphatic carbocycles. The zero-order chi connectivity index (χ0) is 13.9. The van der Waals surface area contributed by atoms with Gasteiger partial charge in [-0.3, -0.25) is 0 Å². The molecule has 1 unspecified atom stereocenters. The first-order valence-corrected chi connectivity index (χ1v) is 7.58. The summed E-state index contributed by atoms with van der Waals surface area (Å²) in [6.07, 6.45) is 1.81. The maximum Gasteiger partial charge on any atom is 0.243 e. The average molecular weight is 270 g/mol. The second-order valence-corrected chi connectivity index (χ2v) is 6.65. The van der Waals surface area contributed by atoms with Gasteiger partial charge in [0.15, 0.2) is 0 Å². The molecule has 1 aromatic rings. The molecule has 4 nitrogen and oxygen atoms in total. The molecular weight excluding hydrogens is 248 g/mol. The van der Waals surface area contributed by atoms with Crippen LogP contribution in [0.2, 0.25) is 0 Å². The minimum absolute atomic E-state index is 0.00282. The van der Waals surface area contributed by atoms with E-state index in [0.717, 1.165) is 12.8 Å². The van der Waals surface area contributed by atoms with Crippen molar-refractivity contribution in [3.8, 4) is 0 Å². The fourth-order valence-electron chi connectivity index (χ4n) is 1.95. The molecule has 0 fully saturated rings. The minimum atomic E-state index is -3.43. The van der Waals surface area contributed by atoms with Gasteiger partial charge in [0, 0.05) is 18.8 Å². The Labute approximate surface area is 110 Å². The Hall–Kier alpha value is -1.07. The summed E-state index contributed by atoms with van der Waals surface area (Å²) in [7, 11) is -1.80. The summed E-state index contributed by atoms with van der Waals surface area (Å²) in [6.45, 7) is 5.74. The van der Waals surface area contributed by atoms with Crippen LogP contribution in [0.15, 0.2) is 23.1 Å². The number of nitrogens with two attached hydrogens (primary N) is 1. The predicted octanol–water partition coefficient (Wildman–Crippen LogP) is 2.39. The molecule has 0 amide bonds.